The van der Waals surface area contributed by atoms with Gasteiger partial charge in [0, 0.05) is 18.6 Å². The summed E-state index contributed by atoms with van der Waals surface area (Å²) in [7, 11) is 0. The van der Waals surface area contributed by atoms with Crippen molar-refractivity contribution in [3.05, 3.63) is 0 Å². The number of hydrogen-bond acceptors (Lipinski definition) is 2. The number of nitrogens with one attached hydrogen (secondary N) is 1. The monoisotopic (exact) mass is 238 g/mol. The fourth-order valence-corrected chi connectivity index (χ4v) is 3.61. The Hall–Kier alpha value is -0.0800. The SMILES string of the molecule is CCCN(C1CCCCCCC1)C1CCNC1. The van der Waals surface area contributed by atoms with Gasteiger partial charge in [0.05, 0.1) is 0 Å². The summed E-state index contributed by atoms with van der Waals surface area (Å²) < 4.78 is 0. The molecule has 1 heterocycles. The van der Waals surface area contributed by atoms with Crippen LogP contribution in [0, 0.1) is 0 Å². The highest BCUT2D eigenvalue weighted by Gasteiger charge is 2.27. The molecule has 1 unspecified atom stereocenters. The Morgan fingerprint density at radius 3 is 2.24 bits per heavy atom. The number of rotatable bonds is 4. The Bertz CT molecular complexity index is 191. The molecule has 0 spiro atoms. The third kappa shape index (κ3) is 3.96. The molecule has 0 aromatic heterocycles. The lowest BCUT2D eigenvalue weighted by Crippen LogP contribution is -2.45. The van der Waals surface area contributed by atoms with Crippen LogP contribution in [-0.4, -0.2) is 36.6 Å². The van der Waals surface area contributed by atoms with E-state index in [1.165, 1.54) is 77.4 Å². The largest absolute Gasteiger partial charge is 0.315 e. The summed E-state index contributed by atoms with van der Waals surface area (Å²) in [4.78, 5) is 2.85. The molecule has 1 aliphatic carbocycles. The van der Waals surface area contributed by atoms with E-state index < -0.39 is 0 Å². The first-order valence-corrected chi connectivity index (χ1v) is 7.88. The molecule has 1 saturated heterocycles. The van der Waals surface area contributed by atoms with E-state index in [1.54, 1.807) is 0 Å². The second kappa shape index (κ2) is 7.38. The van der Waals surface area contributed by atoms with Crippen molar-refractivity contribution in [1.82, 2.24) is 10.2 Å². The summed E-state index contributed by atoms with van der Waals surface area (Å²) >= 11 is 0. The highest BCUT2D eigenvalue weighted by atomic mass is 15.2. The van der Waals surface area contributed by atoms with Crippen LogP contribution in [0.3, 0.4) is 0 Å². The molecule has 2 aliphatic rings. The molecule has 100 valence electrons. The van der Waals surface area contributed by atoms with Gasteiger partial charge in [-0.15, -0.1) is 0 Å². The van der Waals surface area contributed by atoms with Crippen LogP contribution in [0.4, 0.5) is 0 Å². The van der Waals surface area contributed by atoms with Crippen LogP contribution in [0.25, 0.3) is 0 Å². The molecule has 17 heavy (non-hydrogen) atoms. The fraction of sp³-hybridized carbons (Fsp3) is 1.00. The molecule has 1 N–H and O–H groups in total. The fourth-order valence-electron chi connectivity index (χ4n) is 3.61. The van der Waals surface area contributed by atoms with Gasteiger partial charge in [-0.2, -0.15) is 0 Å². The van der Waals surface area contributed by atoms with E-state index in [9.17, 15) is 0 Å². The second-order valence-electron chi connectivity index (χ2n) is 5.88. The summed E-state index contributed by atoms with van der Waals surface area (Å²) in [6.07, 6.45) is 12.9. The summed E-state index contributed by atoms with van der Waals surface area (Å²) in [5, 5.41) is 3.54. The zero-order valence-corrected chi connectivity index (χ0v) is 11.6. The summed E-state index contributed by atoms with van der Waals surface area (Å²) in [6, 6.07) is 1.72. The normalized spacial score (nSPS) is 28.2. The molecule has 0 radical (unpaired) electrons. The molecular formula is C15H30N2. The summed E-state index contributed by atoms with van der Waals surface area (Å²) in [5.74, 6) is 0. The number of hydrogen-bond donors (Lipinski definition) is 1. The van der Waals surface area contributed by atoms with Crippen molar-refractivity contribution in [2.75, 3.05) is 19.6 Å². The minimum absolute atomic E-state index is 0.833. The molecule has 0 bridgehead atoms. The minimum Gasteiger partial charge on any atom is -0.315 e. The standard InChI is InChI=1S/C15H30N2/c1-2-12-17(15-10-11-16-13-15)14-8-6-4-3-5-7-9-14/h14-16H,2-13H2,1H3. The molecule has 2 nitrogen and oxygen atoms in total. The summed E-state index contributed by atoms with van der Waals surface area (Å²) in [5.41, 5.74) is 0. The molecule has 2 fully saturated rings. The Morgan fingerprint density at radius 2 is 1.65 bits per heavy atom. The topological polar surface area (TPSA) is 15.3 Å². The zero-order chi connectivity index (χ0) is 11.9. The van der Waals surface area contributed by atoms with Crippen LogP contribution in [-0.2, 0) is 0 Å². The Morgan fingerprint density at radius 1 is 0.941 bits per heavy atom. The van der Waals surface area contributed by atoms with E-state index in [-0.39, 0.29) is 0 Å². The third-order valence-corrected chi connectivity index (χ3v) is 4.53. The van der Waals surface area contributed by atoms with Crippen LogP contribution < -0.4 is 5.32 Å². The van der Waals surface area contributed by atoms with E-state index in [0.29, 0.717) is 0 Å². The van der Waals surface area contributed by atoms with E-state index in [2.05, 4.69) is 17.1 Å². The predicted octanol–water partition coefficient (Wildman–Crippen LogP) is 3.17. The Labute approximate surface area is 107 Å². The Balaban J connectivity index is 1.91. The van der Waals surface area contributed by atoms with Gasteiger partial charge >= 0.3 is 0 Å². The molecule has 1 atom stereocenters. The lowest BCUT2D eigenvalue weighted by Gasteiger charge is -2.37. The zero-order valence-electron chi connectivity index (χ0n) is 11.6. The first-order chi connectivity index (χ1) is 8.42. The Kier molecular flexibility index (Phi) is 5.79. The van der Waals surface area contributed by atoms with Crippen molar-refractivity contribution >= 4 is 0 Å². The lowest BCUT2D eigenvalue weighted by atomic mass is 9.94. The highest BCUT2D eigenvalue weighted by Crippen LogP contribution is 2.24. The van der Waals surface area contributed by atoms with Crippen LogP contribution in [0.1, 0.15) is 64.7 Å². The van der Waals surface area contributed by atoms with Gasteiger partial charge in [-0.05, 0) is 38.8 Å². The molecule has 1 aliphatic heterocycles. The highest BCUT2D eigenvalue weighted by molar-refractivity contribution is 4.85. The molecule has 1 saturated carbocycles. The molecule has 0 aromatic rings. The van der Waals surface area contributed by atoms with Crippen molar-refractivity contribution in [2.24, 2.45) is 0 Å². The van der Waals surface area contributed by atoms with E-state index >= 15 is 0 Å². The summed E-state index contributed by atoms with van der Waals surface area (Å²) in [6.45, 7) is 6.11. The van der Waals surface area contributed by atoms with Crippen LogP contribution >= 0.6 is 0 Å². The van der Waals surface area contributed by atoms with Gasteiger partial charge in [0.25, 0.3) is 0 Å². The minimum atomic E-state index is 0.833. The van der Waals surface area contributed by atoms with Crippen molar-refractivity contribution in [3.8, 4) is 0 Å². The predicted molar refractivity (Wildman–Crippen MR) is 74.4 cm³/mol. The first-order valence-electron chi connectivity index (χ1n) is 7.88. The molecule has 0 amide bonds. The van der Waals surface area contributed by atoms with Crippen molar-refractivity contribution in [3.63, 3.8) is 0 Å². The quantitative estimate of drug-likeness (QED) is 0.809. The van der Waals surface area contributed by atoms with Crippen LogP contribution in [0.2, 0.25) is 0 Å². The third-order valence-electron chi connectivity index (χ3n) is 4.53. The molecular weight excluding hydrogens is 208 g/mol. The van der Waals surface area contributed by atoms with Gasteiger partial charge in [0.2, 0.25) is 0 Å². The average molecular weight is 238 g/mol. The van der Waals surface area contributed by atoms with Crippen LogP contribution in [0.15, 0.2) is 0 Å². The van der Waals surface area contributed by atoms with Crippen molar-refractivity contribution in [2.45, 2.75) is 76.8 Å². The molecule has 0 aromatic carbocycles. The lowest BCUT2D eigenvalue weighted by molar-refractivity contribution is 0.120. The van der Waals surface area contributed by atoms with Gasteiger partial charge in [0.1, 0.15) is 0 Å². The van der Waals surface area contributed by atoms with Gasteiger partial charge in [-0.1, -0.05) is 39.0 Å². The molecule has 2 rings (SSSR count). The van der Waals surface area contributed by atoms with Crippen molar-refractivity contribution < 1.29 is 0 Å². The van der Waals surface area contributed by atoms with E-state index in [1.807, 2.05) is 0 Å². The smallest absolute Gasteiger partial charge is 0.0235 e. The maximum atomic E-state index is 3.54. The maximum Gasteiger partial charge on any atom is 0.0235 e. The van der Waals surface area contributed by atoms with Gasteiger partial charge in [-0.25, -0.2) is 0 Å². The molecule has 2 heteroatoms. The van der Waals surface area contributed by atoms with Crippen LogP contribution in [0.5, 0.6) is 0 Å². The van der Waals surface area contributed by atoms with Crippen molar-refractivity contribution in [1.29, 1.82) is 0 Å². The second-order valence-corrected chi connectivity index (χ2v) is 5.88. The van der Waals surface area contributed by atoms with Gasteiger partial charge in [-0.3, -0.25) is 4.90 Å². The first kappa shape index (κ1) is 13.4. The van der Waals surface area contributed by atoms with E-state index in [4.69, 9.17) is 0 Å². The average Bonchev–Trinajstić information content (AvgIpc) is 2.79. The van der Waals surface area contributed by atoms with Gasteiger partial charge < -0.3 is 5.32 Å². The van der Waals surface area contributed by atoms with Gasteiger partial charge in [0.15, 0.2) is 0 Å². The maximum absolute atomic E-state index is 3.54. The van der Waals surface area contributed by atoms with E-state index in [0.717, 1.165) is 12.1 Å². The number of nitrogens with zero attached hydrogens (tertiary/aromatic N) is 1.